The first-order chi connectivity index (χ1) is 11.5. The topological polar surface area (TPSA) is 98.0 Å². The van der Waals surface area contributed by atoms with Gasteiger partial charge in [0.1, 0.15) is 5.76 Å². The third-order valence-electron chi connectivity index (χ3n) is 3.08. The smallest absolute Gasteiger partial charge is 0.371 e. The first-order valence-electron chi connectivity index (χ1n) is 7.06. The fourth-order valence-corrected chi connectivity index (χ4v) is 2.55. The molecule has 2 aromatic rings. The first-order valence-corrected chi connectivity index (χ1v) is 7.86. The Labute approximate surface area is 146 Å². The molecule has 0 bridgehead atoms. The van der Waals surface area contributed by atoms with Crippen LogP contribution in [0.15, 0.2) is 33.2 Å². The number of benzene rings is 1. The maximum Gasteiger partial charge on any atom is 0.371 e. The van der Waals surface area contributed by atoms with E-state index in [4.69, 9.17) is 19.0 Å². The Kier molecular flexibility index (Phi) is 5.86. The van der Waals surface area contributed by atoms with Crippen LogP contribution >= 0.6 is 15.9 Å². The van der Waals surface area contributed by atoms with Gasteiger partial charge in [-0.15, -0.1) is 0 Å². The number of hydrogen-bond acceptors (Lipinski definition) is 5. The van der Waals surface area contributed by atoms with Gasteiger partial charge in [0.15, 0.2) is 11.5 Å². The minimum atomic E-state index is -1.16. The number of methoxy groups -OCH3 is 1. The Morgan fingerprint density at radius 1 is 1.33 bits per heavy atom. The largest absolute Gasteiger partial charge is 0.493 e. The van der Waals surface area contributed by atoms with Crippen LogP contribution in [0, 0.1) is 0 Å². The fourth-order valence-electron chi connectivity index (χ4n) is 1.99. The van der Waals surface area contributed by atoms with Crippen molar-refractivity contribution in [2.24, 2.45) is 0 Å². The first kappa shape index (κ1) is 17.9. The van der Waals surface area contributed by atoms with E-state index in [1.54, 1.807) is 12.1 Å². The normalized spacial score (nSPS) is 10.3. The highest BCUT2D eigenvalue weighted by molar-refractivity contribution is 9.10. The van der Waals surface area contributed by atoms with E-state index in [-0.39, 0.29) is 18.2 Å². The molecule has 2 N–H and O–H groups in total. The van der Waals surface area contributed by atoms with Crippen LogP contribution in [0.25, 0.3) is 0 Å². The zero-order valence-corrected chi connectivity index (χ0v) is 14.7. The predicted molar refractivity (Wildman–Crippen MR) is 88.7 cm³/mol. The van der Waals surface area contributed by atoms with Crippen LogP contribution in [-0.4, -0.2) is 30.7 Å². The number of hydrogen-bond donors (Lipinski definition) is 2. The van der Waals surface area contributed by atoms with Gasteiger partial charge in [0.2, 0.25) is 5.76 Å². The highest BCUT2D eigenvalue weighted by atomic mass is 79.9. The Balaban J connectivity index is 2.11. The van der Waals surface area contributed by atoms with Crippen LogP contribution in [-0.2, 0) is 6.54 Å². The predicted octanol–water partition coefficient (Wildman–Crippen LogP) is 3.08. The minimum Gasteiger partial charge on any atom is -0.493 e. The summed E-state index contributed by atoms with van der Waals surface area (Å²) in [7, 11) is 1.49. The molecular weight excluding hydrogens is 382 g/mol. The lowest BCUT2D eigenvalue weighted by molar-refractivity contribution is 0.0660. The lowest BCUT2D eigenvalue weighted by Gasteiger charge is -2.13. The van der Waals surface area contributed by atoms with E-state index in [1.807, 2.05) is 6.92 Å². The molecule has 7 nitrogen and oxygen atoms in total. The molecule has 0 aliphatic rings. The maximum atomic E-state index is 12.3. The van der Waals surface area contributed by atoms with E-state index in [2.05, 4.69) is 21.2 Å². The SMILES string of the molecule is CCOc1c(Br)cc(C(=O)NCc2ccc(C(=O)O)o2)cc1OC. The molecule has 1 heterocycles. The molecule has 0 spiro atoms. The number of amides is 1. The molecule has 0 aliphatic heterocycles. The van der Waals surface area contributed by atoms with Gasteiger partial charge in [-0.05, 0) is 47.1 Å². The minimum absolute atomic E-state index is 0.0687. The highest BCUT2D eigenvalue weighted by Gasteiger charge is 2.16. The monoisotopic (exact) mass is 397 g/mol. The van der Waals surface area contributed by atoms with E-state index in [1.165, 1.54) is 19.2 Å². The number of carboxylic acid groups (broad SMARTS) is 1. The number of nitrogens with one attached hydrogen (secondary N) is 1. The Morgan fingerprint density at radius 2 is 2.08 bits per heavy atom. The van der Waals surface area contributed by atoms with Crippen LogP contribution in [0.4, 0.5) is 0 Å². The van der Waals surface area contributed by atoms with Gasteiger partial charge in [0.05, 0.1) is 24.7 Å². The molecule has 0 radical (unpaired) electrons. The van der Waals surface area contributed by atoms with Gasteiger partial charge in [-0.3, -0.25) is 4.79 Å². The van der Waals surface area contributed by atoms with Gasteiger partial charge < -0.3 is 24.3 Å². The molecule has 0 saturated heterocycles. The molecule has 2 rings (SSSR count). The van der Waals surface area contributed by atoms with E-state index in [0.717, 1.165) is 0 Å². The number of halogens is 1. The van der Waals surface area contributed by atoms with Gasteiger partial charge >= 0.3 is 5.97 Å². The lowest BCUT2D eigenvalue weighted by Crippen LogP contribution is -2.22. The second-order valence-electron chi connectivity index (χ2n) is 4.68. The molecule has 1 aromatic heterocycles. The second kappa shape index (κ2) is 7.87. The summed E-state index contributed by atoms with van der Waals surface area (Å²) in [5.41, 5.74) is 0.368. The Hall–Kier alpha value is -2.48. The number of rotatable bonds is 7. The van der Waals surface area contributed by atoms with Crippen molar-refractivity contribution >= 4 is 27.8 Å². The summed E-state index contributed by atoms with van der Waals surface area (Å²) < 4.78 is 16.4. The van der Waals surface area contributed by atoms with Crippen molar-refractivity contribution in [3.63, 3.8) is 0 Å². The van der Waals surface area contributed by atoms with Crippen LogP contribution in [0.3, 0.4) is 0 Å². The van der Waals surface area contributed by atoms with Crippen molar-refractivity contribution in [1.29, 1.82) is 0 Å². The van der Waals surface area contributed by atoms with Gasteiger partial charge in [-0.2, -0.15) is 0 Å². The van der Waals surface area contributed by atoms with Crippen molar-refractivity contribution in [3.8, 4) is 11.5 Å². The van der Waals surface area contributed by atoms with Crippen molar-refractivity contribution < 1.29 is 28.6 Å². The number of aromatic carboxylic acids is 1. The van der Waals surface area contributed by atoms with Crippen LogP contribution < -0.4 is 14.8 Å². The standard InChI is InChI=1S/C16H16BrNO6/c1-3-23-14-11(17)6-9(7-13(14)22-2)15(19)18-8-10-4-5-12(24-10)16(20)21/h4-7H,3,8H2,1-2H3,(H,18,19)(H,20,21). The van der Waals surface area contributed by atoms with E-state index in [0.29, 0.717) is 33.9 Å². The molecule has 1 aromatic carbocycles. The highest BCUT2D eigenvalue weighted by Crippen LogP contribution is 2.36. The summed E-state index contributed by atoms with van der Waals surface area (Å²) in [6.07, 6.45) is 0. The molecular formula is C16H16BrNO6. The molecule has 0 fully saturated rings. The van der Waals surface area contributed by atoms with Crippen molar-refractivity contribution in [3.05, 3.63) is 45.8 Å². The molecule has 128 valence electrons. The number of ether oxygens (including phenoxy) is 2. The molecule has 0 aliphatic carbocycles. The summed E-state index contributed by atoms with van der Waals surface area (Å²) in [4.78, 5) is 23.0. The fraction of sp³-hybridized carbons (Fsp3) is 0.250. The lowest BCUT2D eigenvalue weighted by atomic mass is 10.2. The zero-order chi connectivity index (χ0) is 17.7. The third-order valence-corrected chi connectivity index (χ3v) is 3.66. The van der Waals surface area contributed by atoms with Gasteiger partial charge in [0.25, 0.3) is 5.91 Å². The summed E-state index contributed by atoms with van der Waals surface area (Å²) >= 11 is 3.35. The molecule has 1 amide bonds. The summed E-state index contributed by atoms with van der Waals surface area (Å²) in [6.45, 7) is 2.38. The van der Waals surface area contributed by atoms with E-state index in [9.17, 15) is 9.59 Å². The Morgan fingerprint density at radius 3 is 2.67 bits per heavy atom. The van der Waals surface area contributed by atoms with E-state index < -0.39 is 5.97 Å². The summed E-state index contributed by atoms with van der Waals surface area (Å²) in [5.74, 6) is -0.392. The van der Waals surface area contributed by atoms with Crippen molar-refractivity contribution in [1.82, 2.24) is 5.32 Å². The van der Waals surface area contributed by atoms with E-state index >= 15 is 0 Å². The Bertz CT molecular complexity index is 755. The number of carbonyl (C=O) groups excluding carboxylic acids is 1. The van der Waals surface area contributed by atoms with Crippen LogP contribution in [0.1, 0.15) is 33.6 Å². The molecule has 0 saturated carbocycles. The molecule has 8 heteroatoms. The van der Waals surface area contributed by atoms with Gasteiger partial charge in [-0.25, -0.2) is 4.79 Å². The zero-order valence-electron chi connectivity index (χ0n) is 13.1. The average molecular weight is 398 g/mol. The number of carbonyl (C=O) groups is 2. The second-order valence-corrected chi connectivity index (χ2v) is 5.53. The average Bonchev–Trinajstić information content (AvgIpc) is 3.03. The van der Waals surface area contributed by atoms with Gasteiger partial charge in [0, 0.05) is 5.56 Å². The van der Waals surface area contributed by atoms with Crippen LogP contribution in [0.5, 0.6) is 11.5 Å². The van der Waals surface area contributed by atoms with Crippen LogP contribution in [0.2, 0.25) is 0 Å². The number of carboxylic acids is 1. The molecule has 24 heavy (non-hydrogen) atoms. The molecule has 0 atom stereocenters. The van der Waals surface area contributed by atoms with Gasteiger partial charge in [-0.1, -0.05) is 0 Å². The quantitative estimate of drug-likeness (QED) is 0.744. The third kappa shape index (κ3) is 4.08. The summed E-state index contributed by atoms with van der Waals surface area (Å²) in [6, 6.07) is 6.02. The summed E-state index contributed by atoms with van der Waals surface area (Å²) in [5, 5.41) is 11.5. The van der Waals surface area contributed by atoms with Crippen molar-refractivity contribution in [2.75, 3.05) is 13.7 Å². The number of furan rings is 1. The molecule has 0 unspecified atom stereocenters. The van der Waals surface area contributed by atoms with Crippen molar-refractivity contribution in [2.45, 2.75) is 13.5 Å². The maximum absolute atomic E-state index is 12.3.